The Morgan fingerprint density at radius 3 is 3.00 bits per heavy atom. The number of alkyl halides is 1. The molecular formula is C14H17BrN2O3. The van der Waals surface area contributed by atoms with Crippen molar-refractivity contribution in [3.8, 4) is 0 Å². The number of non-ortho nitro benzene ring substituents is 1. The van der Waals surface area contributed by atoms with Gasteiger partial charge in [0.25, 0.3) is 11.6 Å². The number of amides is 1. The normalized spacial score (nSPS) is 18.9. The summed E-state index contributed by atoms with van der Waals surface area (Å²) in [6.45, 7) is 1.48. The number of halogens is 1. The molecule has 1 aromatic carbocycles. The van der Waals surface area contributed by atoms with E-state index in [1.807, 2.05) is 4.90 Å². The van der Waals surface area contributed by atoms with Gasteiger partial charge >= 0.3 is 0 Å². The van der Waals surface area contributed by atoms with E-state index in [4.69, 9.17) is 0 Å². The number of hydrogen-bond donors (Lipinski definition) is 0. The summed E-state index contributed by atoms with van der Waals surface area (Å²) in [5, 5.41) is 11.7. The molecule has 1 aliphatic rings. The largest absolute Gasteiger partial charge is 0.338 e. The van der Waals surface area contributed by atoms with Crippen molar-refractivity contribution >= 4 is 27.5 Å². The van der Waals surface area contributed by atoms with Crippen LogP contribution in [0.4, 0.5) is 5.69 Å². The van der Waals surface area contributed by atoms with Gasteiger partial charge in [0, 0.05) is 36.1 Å². The summed E-state index contributed by atoms with van der Waals surface area (Å²) < 4.78 is 0. The van der Waals surface area contributed by atoms with Crippen LogP contribution in [0.1, 0.15) is 29.6 Å². The van der Waals surface area contributed by atoms with Crippen molar-refractivity contribution in [2.24, 2.45) is 5.92 Å². The lowest BCUT2D eigenvalue weighted by Gasteiger charge is -2.32. The molecule has 1 saturated heterocycles. The lowest BCUT2D eigenvalue weighted by molar-refractivity contribution is -0.384. The van der Waals surface area contributed by atoms with Crippen LogP contribution >= 0.6 is 15.9 Å². The molecule has 1 unspecified atom stereocenters. The van der Waals surface area contributed by atoms with Gasteiger partial charge in [-0.2, -0.15) is 0 Å². The molecule has 0 radical (unpaired) electrons. The van der Waals surface area contributed by atoms with Crippen molar-refractivity contribution in [2.45, 2.75) is 19.3 Å². The average Bonchev–Trinajstić information content (AvgIpc) is 2.47. The summed E-state index contributed by atoms with van der Waals surface area (Å²) in [5.41, 5.74) is 0.364. The fourth-order valence-corrected chi connectivity index (χ4v) is 3.22. The van der Waals surface area contributed by atoms with Gasteiger partial charge in [0.15, 0.2) is 0 Å². The Bertz CT molecular complexity index is 505. The number of carbonyl (C=O) groups excluding carboxylic acids is 1. The molecule has 0 spiro atoms. The summed E-state index contributed by atoms with van der Waals surface area (Å²) in [7, 11) is 0. The Kier molecular flexibility index (Phi) is 5.11. The maximum Gasteiger partial charge on any atom is 0.270 e. The SMILES string of the molecule is O=C(c1cccc([N+](=O)[O-])c1)N1CCCC(CCBr)C1. The van der Waals surface area contributed by atoms with E-state index in [0.29, 0.717) is 11.5 Å². The van der Waals surface area contributed by atoms with Gasteiger partial charge in [-0.3, -0.25) is 14.9 Å². The molecule has 2 rings (SSSR count). The third-order valence-corrected chi connectivity index (χ3v) is 4.09. The molecule has 20 heavy (non-hydrogen) atoms. The Labute approximate surface area is 126 Å². The quantitative estimate of drug-likeness (QED) is 0.480. The molecule has 1 amide bonds. The van der Waals surface area contributed by atoms with Crippen LogP contribution in [0.3, 0.4) is 0 Å². The monoisotopic (exact) mass is 340 g/mol. The zero-order valence-corrected chi connectivity index (χ0v) is 12.7. The van der Waals surface area contributed by atoms with E-state index in [-0.39, 0.29) is 11.6 Å². The van der Waals surface area contributed by atoms with Crippen molar-refractivity contribution < 1.29 is 9.72 Å². The third kappa shape index (κ3) is 3.56. The third-order valence-electron chi connectivity index (χ3n) is 3.63. The minimum atomic E-state index is -0.472. The van der Waals surface area contributed by atoms with Crippen LogP contribution in [-0.2, 0) is 0 Å². The first-order valence-corrected chi connectivity index (χ1v) is 7.83. The van der Waals surface area contributed by atoms with Crippen LogP contribution in [0, 0.1) is 16.0 Å². The molecule has 1 heterocycles. The van der Waals surface area contributed by atoms with E-state index in [2.05, 4.69) is 15.9 Å². The molecule has 108 valence electrons. The van der Waals surface area contributed by atoms with E-state index < -0.39 is 4.92 Å². The minimum absolute atomic E-state index is 0.0372. The molecule has 1 aromatic rings. The molecule has 0 aliphatic carbocycles. The Morgan fingerprint density at radius 2 is 2.30 bits per heavy atom. The molecule has 6 heteroatoms. The molecule has 1 fully saturated rings. The van der Waals surface area contributed by atoms with Crippen molar-refractivity contribution in [3.05, 3.63) is 39.9 Å². The molecule has 0 N–H and O–H groups in total. The number of likely N-dealkylation sites (tertiary alicyclic amines) is 1. The smallest absolute Gasteiger partial charge is 0.270 e. The standard InChI is InChI=1S/C14H17BrN2O3/c15-7-6-11-3-2-8-16(10-11)14(18)12-4-1-5-13(9-12)17(19)20/h1,4-5,9,11H,2-3,6-8,10H2. The van der Waals surface area contributed by atoms with Gasteiger partial charge in [0.2, 0.25) is 0 Å². The van der Waals surface area contributed by atoms with Crippen LogP contribution in [0.25, 0.3) is 0 Å². The van der Waals surface area contributed by atoms with Crippen molar-refractivity contribution in [1.29, 1.82) is 0 Å². The fraction of sp³-hybridized carbons (Fsp3) is 0.500. The maximum atomic E-state index is 12.4. The number of rotatable bonds is 4. The highest BCUT2D eigenvalue weighted by Gasteiger charge is 2.24. The molecule has 5 nitrogen and oxygen atoms in total. The second kappa shape index (κ2) is 6.83. The van der Waals surface area contributed by atoms with E-state index >= 15 is 0 Å². The van der Waals surface area contributed by atoms with Gasteiger partial charge < -0.3 is 4.90 Å². The number of piperidine rings is 1. The van der Waals surface area contributed by atoms with Gasteiger partial charge in [0.1, 0.15) is 0 Å². The molecule has 0 bridgehead atoms. The second-order valence-electron chi connectivity index (χ2n) is 5.04. The number of carbonyl (C=O) groups is 1. The van der Waals surface area contributed by atoms with Crippen molar-refractivity contribution in [2.75, 3.05) is 18.4 Å². The van der Waals surface area contributed by atoms with Gasteiger partial charge in [-0.1, -0.05) is 22.0 Å². The molecule has 0 aromatic heterocycles. The molecule has 1 aliphatic heterocycles. The Balaban J connectivity index is 2.10. The highest BCUT2D eigenvalue weighted by atomic mass is 79.9. The van der Waals surface area contributed by atoms with Crippen molar-refractivity contribution in [3.63, 3.8) is 0 Å². The first kappa shape index (κ1) is 15.0. The summed E-state index contributed by atoms with van der Waals surface area (Å²) in [6.07, 6.45) is 3.20. The van der Waals surface area contributed by atoms with Crippen LogP contribution in [0.15, 0.2) is 24.3 Å². The van der Waals surface area contributed by atoms with Gasteiger partial charge in [-0.25, -0.2) is 0 Å². The zero-order valence-electron chi connectivity index (χ0n) is 11.1. The van der Waals surface area contributed by atoms with Crippen LogP contribution in [0.5, 0.6) is 0 Å². The first-order valence-electron chi connectivity index (χ1n) is 6.71. The van der Waals surface area contributed by atoms with E-state index in [0.717, 1.165) is 37.7 Å². The summed E-state index contributed by atoms with van der Waals surface area (Å²) in [4.78, 5) is 24.5. The number of nitro groups is 1. The van der Waals surface area contributed by atoms with Gasteiger partial charge in [-0.15, -0.1) is 0 Å². The number of hydrogen-bond acceptors (Lipinski definition) is 3. The highest BCUT2D eigenvalue weighted by Crippen LogP contribution is 2.23. The average molecular weight is 341 g/mol. The maximum absolute atomic E-state index is 12.4. The van der Waals surface area contributed by atoms with Crippen LogP contribution in [-0.4, -0.2) is 34.2 Å². The number of nitro benzene ring substituents is 1. The molecular weight excluding hydrogens is 324 g/mol. The minimum Gasteiger partial charge on any atom is -0.338 e. The van der Waals surface area contributed by atoms with Crippen LogP contribution in [0.2, 0.25) is 0 Å². The van der Waals surface area contributed by atoms with Gasteiger partial charge in [-0.05, 0) is 31.2 Å². The number of benzene rings is 1. The second-order valence-corrected chi connectivity index (χ2v) is 5.84. The molecule has 1 atom stereocenters. The van der Waals surface area contributed by atoms with E-state index in [1.165, 1.54) is 12.1 Å². The lowest BCUT2D eigenvalue weighted by Crippen LogP contribution is -2.40. The Hall–Kier alpha value is -1.43. The Morgan fingerprint density at radius 1 is 1.50 bits per heavy atom. The summed E-state index contributed by atoms with van der Waals surface area (Å²) in [5.74, 6) is 0.416. The zero-order chi connectivity index (χ0) is 14.5. The number of nitrogens with zero attached hydrogens (tertiary/aromatic N) is 2. The van der Waals surface area contributed by atoms with Crippen LogP contribution < -0.4 is 0 Å². The first-order chi connectivity index (χ1) is 9.61. The lowest BCUT2D eigenvalue weighted by atomic mass is 9.95. The van der Waals surface area contributed by atoms with E-state index in [1.54, 1.807) is 12.1 Å². The van der Waals surface area contributed by atoms with E-state index in [9.17, 15) is 14.9 Å². The topological polar surface area (TPSA) is 63.4 Å². The fourth-order valence-electron chi connectivity index (χ4n) is 2.57. The summed E-state index contributed by atoms with van der Waals surface area (Å²) >= 11 is 3.43. The summed E-state index contributed by atoms with van der Waals surface area (Å²) in [6, 6.07) is 5.96. The predicted molar refractivity (Wildman–Crippen MR) is 80.1 cm³/mol. The predicted octanol–water partition coefficient (Wildman–Crippen LogP) is 3.23. The highest BCUT2D eigenvalue weighted by molar-refractivity contribution is 9.09. The molecule has 0 saturated carbocycles. The van der Waals surface area contributed by atoms with Gasteiger partial charge in [0.05, 0.1) is 4.92 Å². The van der Waals surface area contributed by atoms with Crippen molar-refractivity contribution in [1.82, 2.24) is 4.90 Å².